The van der Waals surface area contributed by atoms with Crippen LogP contribution in [0.5, 0.6) is 11.5 Å². The first-order chi connectivity index (χ1) is 13.1. The first-order valence-electron chi connectivity index (χ1n) is 8.92. The predicted octanol–water partition coefficient (Wildman–Crippen LogP) is 3.60. The molecule has 0 bridgehead atoms. The molecule has 0 aliphatic heterocycles. The Labute approximate surface area is 159 Å². The maximum Gasteiger partial charge on any atom is 0.344 e. The zero-order chi connectivity index (χ0) is 19.5. The van der Waals surface area contributed by atoms with Crippen molar-refractivity contribution < 1.29 is 23.8 Å². The van der Waals surface area contributed by atoms with Crippen molar-refractivity contribution in [3.05, 3.63) is 54.1 Å². The van der Waals surface area contributed by atoms with Crippen molar-refractivity contribution in [3.63, 3.8) is 0 Å². The fourth-order valence-electron chi connectivity index (χ4n) is 2.40. The topological polar surface area (TPSA) is 73.9 Å². The van der Waals surface area contributed by atoms with E-state index in [1.807, 2.05) is 24.3 Å². The van der Waals surface area contributed by atoms with Gasteiger partial charge >= 0.3 is 5.97 Å². The van der Waals surface area contributed by atoms with E-state index in [1.54, 1.807) is 24.3 Å². The number of benzene rings is 2. The molecule has 0 aliphatic carbocycles. The second-order valence-electron chi connectivity index (χ2n) is 5.95. The summed E-state index contributed by atoms with van der Waals surface area (Å²) < 4.78 is 15.4. The summed E-state index contributed by atoms with van der Waals surface area (Å²) in [4.78, 5) is 23.6. The molecule has 0 heterocycles. The minimum atomic E-state index is -0.633. The molecule has 144 valence electrons. The molecule has 1 N–H and O–H groups in total. The van der Waals surface area contributed by atoms with Gasteiger partial charge in [0.2, 0.25) is 0 Å². The van der Waals surface area contributed by atoms with Crippen molar-refractivity contribution in [2.75, 3.05) is 25.6 Å². The number of unbranched alkanes of at least 4 members (excludes halogenated alkanes) is 1. The first-order valence-corrected chi connectivity index (χ1v) is 8.92. The van der Waals surface area contributed by atoms with Crippen LogP contribution >= 0.6 is 0 Å². The number of methoxy groups -OCH3 is 1. The molecule has 2 rings (SSSR count). The number of amides is 1. The van der Waals surface area contributed by atoms with Gasteiger partial charge < -0.3 is 19.5 Å². The molecule has 27 heavy (non-hydrogen) atoms. The summed E-state index contributed by atoms with van der Waals surface area (Å²) in [6.07, 6.45) is 3.30. The van der Waals surface area contributed by atoms with E-state index in [1.165, 1.54) is 12.7 Å². The molecular weight excluding hydrogens is 346 g/mol. The third-order valence-corrected chi connectivity index (χ3v) is 3.84. The maximum absolute atomic E-state index is 11.9. The van der Waals surface area contributed by atoms with Crippen LogP contribution in [-0.4, -0.2) is 32.2 Å². The van der Waals surface area contributed by atoms with Gasteiger partial charge in [-0.2, -0.15) is 0 Å². The fraction of sp³-hybridized carbons (Fsp3) is 0.333. The number of ether oxygens (including phenoxy) is 3. The van der Waals surface area contributed by atoms with Crippen molar-refractivity contribution in [2.45, 2.75) is 26.2 Å². The Hall–Kier alpha value is -3.02. The van der Waals surface area contributed by atoms with E-state index in [4.69, 9.17) is 14.2 Å². The summed E-state index contributed by atoms with van der Waals surface area (Å²) in [5, 5.41) is 2.70. The lowest BCUT2D eigenvalue weighted by molar-refractivity contribution is -0.149. The smallest absolute Gasteiger partial charge is 0.344 e. The second-order valence-corrected chi connectivity index (χ2v) is 5.95. The van der Waals surface area contributed by atoms with Crippen LogP contribution in [0.2, 0.25) is 0 Å². The normalized spacial score (nSPS) is 10.1. The number of para-hydroxylation sites is 2. The molecule has 0 saturated carbocycles. The van der Waals surface area contributed by atoms with E-state index in [2.05, 4.69) is 12.2 Å². The number of hydrogen-bond donors (Lipinski definition) is 1. The first kappa shape index (κ1) is 20.3. The van der Waals surface area contributed by atoms with Gasteiger partial charge in [0.1, 0.15) is 0 Å². The molecule has 0 spiro atoms. The molecule has 2 aromatic rings. The Kier molecular flexibility index (Phi) is 8.16. The monoisotopic (exact) mass is 371 g/mol. The average Bonchev–Trinajstić information content (AvgIpc) is 2.70. The van der Waals surface area contributed by atoms with E-state index in [0.29, 0.717) is 17.2 Å². The summed E-state index contributed by atoms with van der Waals surface area (Å²) >= 11 is 0. The summed E-state index contributed by atoms with van der Waals surface area (Å²) in [5.74, 6) is -0.0806. The molecule has 0 atom stereocenters. The summed E-state index contributed by atoms with van der Waals surface area (Å²) in [6.45, 7) is 1.47. The minimum absolute atomic E-state index is 0.306. The Morgan fingerprint density at radius 2 is 1.67 bits per heavy atom. The van der Waals surface area contributed by atoms with Crippen LogP contribution in [0.4, 0.5) is 5.69 Å². The van der Waals surface area contributed by atoms with Gasteiger partial charge in [0.05, 0.1) is 7.11 Å². The van der Waals surface area contributed by atoms with Gasteiger partial charge in [0, 0.05) is 5.69 Å². The molecule has 6 heteroatoms. The Morgan fingerprint density at radius 1 is 0.963 bits per heavy atom. The Morgan fingerprint density at radius 3 is 2.33 bits per heavy atom. The van der Waals surface area contributed by atoms with Gasteiger partial charge in [-0.05, 0) is 42.7 Å². The second kappa shape index (κ2) is 10.9. The summed E-state index contributed by atoms with van der Waals surface area (Å²) in [5.41, 5.74) is 1.90. The zero-order valence-electron chi connectivity index (χ0n) is 15.7. The van der Waals surface area contributed by atoms with E-state index >= 15 is 0 Å². The molecule has 0 radical (unpaired) electrons. The number of carbonyl (C=O) groups is 2. The average molecular weight is 371 g/mol. The molecule has 0 unspecified atom stereocenters. The molecule has 2 aromatic carbocycles. The highest BCUT2D eigenvalue weighted by molar-refractivity contribution is 5.92. The molecule has 0 aliphatic rings. The van der Waals surface area contributed by atoms with Crippen LogP contribution in [0.15, 0.2) is 48.5 Å². The highest BCUT2D eigenvalue weighted by atomic mass is 16.6. The maximum atomic E-state index is 11.9. The lowest BCUT2D eigenvalue weighted by atomic mass is 10.1. The van der Waals surface area contributed by atoms with Crippen LogP contribution < -0.4 is 14.8 Å². The van der Waals surface area contributed by atoms with Crippen LogP contribution in [0.1, 0.15) is 25.3 Å². The lowest BCUT2D eigenvalue weighted by Crippen LogP contribution is -2.23. The third kappa shape index (κ3) is 7.01. The van der Waals surface area contributed by atoms with Crippen molar-refractivity contribution in [2.24, 2.45) is 0 Å². The van der Waals surface area contributed by atoms with Crippen LogP contribution in [-0.2, 0) is 20.7 Å². The third-order valence-electron chi connectivity index (χ3n) is 3.84. The molecular formula is C21H25NO5. The zero-order valence-corrected chi connectivity index (χ0v) is 15.7. The van der Waals surface area contributed by atoms with E-state index < -0.39 is 11.9 Å². The predicted molar refractivity (Wildman–Crippen MR) is 103 cm³/mol. The SMILES string of the molecule is CCCCc1ccc(NC(=O)COC(=O)COc2ccccc2OC)cc1. The van der Waals surface area contributed by atoms with Crippen molar-refractivity contribution in [1.82, 2.24) is 0 Å². The number of rotatable bonds is 10. The van der Waals surface area contributed by atoms with Crippen LogP contribution in [0, 0.1) is 0 Å². The minimum Gasteiger partial charge on any atom is -0.493 e. The molecule has 6 nitrogen and oxygen atoms in total. The van der Waals surface area contributed by atoms with E-state index in [-0.39, 0.29) is 13.2 Å². The molecule has 0 fully saturated rings. The number of aryl methyl sites for hydroxylation is 1. The van der Waals surface area contributed by atoms with E-state index in [9.17, 15) is 9.59 Å². The highest BCUT2D eigenvalue weighted by Crippen LogP contribution is 2.25. The van der Waals surface area contributed by atoms with Crippen molar-refractivity contribution in [3.8, 4) is 11.5 Å². The quantitative estimate of drug-likeness (QED) is 0.646. The van der Waals surface area contributed by atoms with Gasteiger partial charge in [-0.15, -0.1) is 0 Å². The standard InChI is InChI=1S/C21H25NO5/c1-3-4-7-16-10-12-17(13-11-16)22-20(23)14-27-21(24)15-26-19-9-6-5-8-18(19)25-2/h5-6,8-13H,3-4,7,14-15H2,1-2H3,(H,22,23). The summed E-state index contributed by atoms with van der Waals surface area (Å²) in [7, 11) is 1.52. The number of nitrogens with one attached hydrogen (secondary N) is 1. The summed E-state index contributed by atoms with van der Waals surface area (Å²) in [6, 6.07) is 14.6. The molecule has 0 aromatic heterocycles. The highest BCUT2D eigenvalue weighted by Gasteiger charge is 2.10. The van der Waals surface area contributed by atoms with Gasteiger partial charge in [-0.3, -0.25) is 4.79 Å². The number of carbonyl (C=O) groups excluding carboxylic acids is 2. The van der Waals surface area contributed by atoms with Crippen LogP contribution in [0.25, 0.3) is 0 Å². The lowest BCUT2D eigenvalue weighted by Gasteiger charge is -2.10. The van der Waals surface area contributed by atoms with Gasteiger partial charge in [-0.25, -0.2) is 4.79 Å². The van der Waals surface area contributed by atoms with Gasteiger partial charge in [0.15, 0.2) is 24.7 Å². The Balaban J connectivity index is 1.72. The van der Waals surface area contributed by atoms with Gasteiger partial charge in [-0.1, -0.05) is 37.6 Å². The Bertz CT molecular complexity index is 742. The number of esters is 1. The van der Waals surface area contributed by atoms with Crippen molar-refractivity contribution >= 4 is 17.6 Å². The van der Waals surface area contributed by atoms with Crippen LogP contribution in [0.3, 0.4) is 0 Å². The van der Waals surface area contributed by atoms with Gasteiger partial charge in [0.25, 0.3) is 5.91 Å². The largest absolute Gasteiger partial charge is 0.493 e. The molecule has 0 saturated heterocycles. The number of anilines is 1. The fourth-order valence-corrected chi connectivity index (χ4v) is 2.40. The van der Waals surface area contributed by atoms with Crippen molar-refractivity contribution in [1.29, 1.82) is 0 Å². The number of hydrogen-bond acceptors (Lipinski definition) is 5. The van der Waals surface area contributed by atoms with E-state index in [0.717, 1.165) is 19.3 Å². The molecule has 1 amide bonds.